The van der Waals surface area contributed by atoms with Crippen LogP contribution in [-0.2, 0) is 4.79 Å². The molecule has 1 aromatic carbocycles. The first kappa shape index (κ1) is 12.2. The molecule has 0 aromatic heterocycles. The number of hydrogen-bond donors (Lipinski definition) is 1. The molecule has 1 aromatic rings. The average Bonchev–Trinajstić information content (AvgIpc) is 2.29. The molecule has 1 N–H and O–H groups in total. The summed E-state index contributed by atoms with van der Waals surface area (Å²) in [6.07, 6.45) is 1.57. The van der Waals surface area contributed by atoms with Gasteiger partial charge in [-0.1, -0.05) is 36.4 Å². The number of ketones is 1. The van der Waals surface area contributed by atoms with E-state index < -0.39 is 11.4 Å². The number of benzene rings is 1. The Hall–Kier alpha value is -1.90. The number of rotatable bonds is 5. The normalized spacial score (nSPS) is 13.8. The summed E-state index contributed by atoms with van der Waals surface area (Å²) in [5, 5.41) is 9.13. The molecule has 1 unspecified atom stereocenters. The van der Waals surface area contributed by atoms with Crippen molar-refractivity contribution in [1.82, 2.24) is 0 Å². The monoisotopic (exact) mass is 218 g/mol. The van der Waals surface area contributed by atoms with Gasteiger partial charge in [0.15, 0.2) is 5.78 Å². The Kier molecular flexibility index (Phi) is 3.61. The largest absolute Gasteiger partial charge is 0.480 e. The van der Waals surface area contributed by atoms with Crippen molar-refractivity contribution in [2.45, 2.75) is 13.3 Å². The van der Waals surface area contributed by atoms with E-state index in [1.807, 2.05) is 0 Å². The summed E-state index contributed by atoms with van der Waals surface area (Å²) in [6.45, 7) is 4.91. The van der Waals surface area contributed by atoms with E-state index in [4.69, 9.17) is 5.11 Å². The number of carbonyl (C=O) groups is 2. The maximum absolute atomic E-state index is 12.1. The van der Waals surface area contributed by atoms with Crippen molar-refractivity contribution in [3.63, 3.8) is 0 Å². The highest BCUT2D eigenvalue weighted by Crippen LogP contribution is 2.27. The first-order valence-corrected chi connectivity index (χ1v) is 4.96. The Morgan fingerprint density at radius 2 is 1.94 bits per heavy atom. The first-order chi connectivity index (χ1) is 7.52. The second kappa shape index (κ2) is 4.75. The highest BCUT2D eigenvalue weighted by atomic mass is 16.4. The fraction of sp³-hybridized carbons (Fsp3) is 0.231. The summed E-state index contributed by atoms with van der Waals surface area (Å²) in [7, 11) is 0. The van der Waals surface area contributed by atoms with Crippen molar-refractivity contribution in [2.24, 2.45) is 5.41 Å². The smallest absolute Gasteiger partial charge is 0.317 e. The van der Waals surface area contributed by atoms with Gasteiger partial charge in [0.2, 0.25) is 0 Å². The molecule has 1 atom stereocenters. The molecule has 84 valence electrons. The lowest BCUT2D eigenvalue weighted by atomic mass is 9.79. The zero-order valence-electron chi connectivity index (χ0n) is 9.14. The molecule has 3 nitrogen and oxygen atoms in total. The number of allylic oxidation sites excluding steroid dienone is 1. The van der Waals surface area contributed by atoms with Crippen molar-refractivity contribution in [3.05, 3.63) is 48.6 Å². The standard InChI is InChI=1S/C13H14O3/c1-3-9-13(2,12(15)16)11(14)10-7-5-4-6-8-10/h3-8H,1,9H2,2H3,(H,15,16). The van der Waals surface area contributed by atoms with Gasteiger partial charge in [-0.05, 0) is 13.3 Å². The molecular formula is C13H14O3. The molecule has 3 heteroatoms. The van der Waals surface area contributed by atoms with Crippen LogP contribution >= 0.6 is 0 Å². The number of carbonyl (C=O) groups excluding carboxylic acids is 1. The Labute approximate surface area is 94.4 Å². The highest BCUT2D eigenvalue weighted by Gasteiger charge is 2.40. The Morgan fingerprint density at radius 3 is 2.38 bits per heavy atom. The predicted octanol–water partition coefficient (Wildman–Crippen LogP) is 2.54. The average molecular weight is 218 g/mol. The molecule has 0 amide bonds. The van der Waals surface area contributed by atoms with Gasteiger partial charge in [-0.3, -0.25) is 9.59 Å². The zero-order chi connectivity index (χ0) is 12.2. The van der Waals surface area contributed by atoms with Crippen LogP contribution in [0.2, 0.25) is 0 Å². The van der Waals surface area contributed by atoms with Gasteiger partial charge < -0.3 is 5.11 Å². The van der Waals surface area contributed by atoms with Crippen LogP contribution in [0.5, 0.6) is 0 Å². The molecule has 0 bridgehead atoms. The Bertz CT molecular complexity index is 408. The van der Waals surface area contributed by atoms with Crippen LogP contribution < -0.4 is 0 Å². The van der Waals surface area contributed by atoms with E-state index in [0.29, 0.717) is 5.56 Å². The quantitative estimate of drug-likeness (QED) is 0.469. The van der Waals surface area contributed by atoms with Gasteiger partial charge in [0.25, 0.3) is 0 Å². The Morgan fingerprint density at radius 1 is 1.38 bits per heavy atom. The van der Waals surface area contributed by atoms with E-state index in [1.54, 1.807) is 30.3 Å². The summed E-state index contributed by atoms with van der Waals surface area (Å²) < 4.78 is 0. The van der Waals surface area contributed by atoms with Gasteiger partial charge in [-0.15, -0.1) is 6.58 Å². The van der Waals surface area contributed by atoms with Gasteiger partial charge in [0.1, 0.15) is 5.41 Å². The zero-order valence-corrected chi connectivity index (χ0v) is 9.14. The van der Waals surface area contributed by atoms with Crippen molar-refractivity contribution >= 4 is 11.8 Å². The van der Waals surface area contributed by atoms with Crippen molar-refractivity contribution in [2.75, 3.05) is 0 Å². The summed E-state index contributed by atoms with van der Waals surface area (Å²) in [6, 6.07) is 8.44. The Balaban J connectivity index is 3.11. The summed E-state index contributed by atoms with van der Waals surface area (Å²) in [5.41, 5.74) is -1.02. The minimum Gasteiger partial charge on any atom is -0.480 e. The number of carboxylic acids is 1. The van der Waals surface area contributed by atoms with Gasteiger partial charge in [-0.2, -0.15) is 0 Å². The third-order valence-corrected chi connectivity index (χ3v) is 2.56. The molecule has 0 heterocycles. The third kappa shape index (κ3) is 2.19. The van der Waals surface area contributed by atoms with E-state index in [0.717, 1.165) is 0 Å². The second-order valence-electron chi connectivity index (χ2n) is 3.83. The minimum atomic E-state index is -1.43. The lowest BCUT2D eigenvalue weighted by molar-refractivity contribution is -0.144. The molecule has 0 aliphatic rings. The van der Waals surface area contributed by atoms with Crippen molar-refractivity contribution in [1.29, 1.82) is 0 Å². The number of hydrogen-bond acceptors (Lipinski definition) is 2. The van der Waals surface area contributed by atoms with Crippen molar-refractivity contribution < 1.29 is 14.7 Å². The van der Waals surface area contributed by atoms with Gasteiger partial charge in [0.05, 0.1) is 0 Å². The maximum Gasteiger partial charge on any atom is 0.317 e. The maximum atomic E-state index is 12.1. The summed E-state index contributed by atoms with van der Waals surface area (Å²) >= 11 is 0. The van der Waals surface area contributed by atoms with Gasteiger partial charge in [-0.25, -0.2) is 0 Å². The molecule has 16 heavy (non-hydrogen) atoms. The molecule has 0 aliphatic heterocycles. The van der Waals surface area contributed by atoms with Crippen LogP contribution in [0.25, 0.3) is 0 Å². The van der Waals surface area contributed by atoms with Crippen LogP contribution in [0.15, 0.2) is 43.0 Å². The first-order valence-electron chi connectivity index (χ1n) is 4.96. The molecule has 0 saturated carbocycles. The molecular weight excluding hydrogens is 204 g/mol. The summed E-state index contributed by atoms with van der Waals surface area (Å²) in [4.78, 5) is 23.2. The second-order valence-corrected chi connectivity index (χ2v) is 3.83. The fourth-order valence-electron chi connectivity index (χ4n) is 1.47. The number of Topliss-reactive ketones (excluding diaryl/α,β-unsaturated/α-hetero) is 1. The van der Waals surface area contributed by atoms with E-state index in [-0.39, 0.29) is 12.2 Å². The minimum absolute atomic E-state index is 0.121. The molecule has 0 spiro atoms. The predicted molar refractivity (Wildman–Crippen MR) is 61.3 cm³/mol. The van der Waals surface area contributed by atoms with E-state index >= 15 is 0 Å². The van der Waals surface area contributed by atoms with E-state index in [9.17, 15) is 9.59 Å². The molecule has 1 rings (SSSR count). The molecule has 0 radical (unpaired) electrons. The molecule has 0 aliphatic carbocycles. The van der Waals surface area contributed by atoms with E-state index in [2.05, 4.69) is 6.58 Å². The topological polar surface area (TPSA) is 54.4 Å². The van der Waals surface area contributed by atoms with Crippen LogP contribution in [-0.4, -0.2) is 16.9 Å². The van der Waals surface area contributed by atoms with Gasteiger partial charge >= 0.3 is 5.97 Å². The molecule has 0 saturated heterocycles. The van der Waals surface area contributed by atoms with Gasteiger partial charge in [0, 0.05) is 5.56 Å². The fourth-order valence-corrected chi connectivity index (χ4v) is 1.47. The number of carboxylic acid groups (broad SMARTS) is 1. The van der Waals surface area contributed by atoms with E-state index in [1.165, 1.54) is 13.0 Å². The van der Waals surface area contributed by atoms with Crippen LogP contribution in [0, 0.1) is 5.41 Å². The third-order valence-electron chi connectivity index (χ3n) is 2.56. The lowest BCUT2D eigenvalue weighted by Gasteiger charge is -2.21. The molecule has 0 fully saturated rings. The highest BCUT2D eigenvalue weighted by molar-refractivity contribution is 6.11. The number of aliphatic carboxylic acids is 1. The SMILES string of the molecule is C=CCC(C)(C(=O)O)C(=O)c1ccccc1. The van der Waals surface area contributed by atoms with Crippen LogP contribution in [0.3, 0.4) is 0 Å². The summed E-state index contributed by atoms with van der Waals surface area (Å²) in [5.74, 6) is -1.51. The van der Waals surface area contributed by atoms with Crippen LogP contribution in [0.4, 0.5) is 0 Å². The van der Waals surface area contributed by atoms with Crippen molar-refractivity contribution in [3.8, 4) is 0 Å². The van der Waals surface area contributed by atoms with Crippen LogP contribution in [0.1, 0.15) is 23.7 Å². The lowest BCUT2D eigenvalue weighted by Crippen LogP contribution is -2.36.